The van der Waals surface area contributed by atoms with Crippen LogP contribution in [0.2, 0.25) is 0 Å². The van der Waals surface area contributed by atoms with Crippen molar-refractivity contribution in [2.24, 2.45) is 5.73 Å². The van der Waals surface area contributed by atoms with E-state index in [1.54, 1.807) is 11.3 Å². The molecular formula is C11H16BrNOS. The molecule has 84 valence electrons. The normalized spacial score (nSPS) is 10.5. The third kappa shape index (κ3) is 5.44. The van der Waals surface area contributed by atoms with Gasteiger partial charge in [-0.1, -0.05) is 6.42 Å². The average molecular weight is 290 g/mol. The van der Waals surface area contributed by atoms with E-state index in [0.29, 0.717) is 18.6 Å². The largest absolute Gasteiger partial charge is 0.330 e. The van der Waals surface area contributed by atoms with Crippen molar-refractivity contribution in [3.8, 4) is 0 Å². The van der Waals surface area contributed by atoms with Gasteiger partial charge in [-0.2, -0.15) is 0 Å². The van der Waals surface area contributed by atoms with E-state index >= 15 is 0 Å². The minimum atomic E-state index is 0.335. The number of carbonyl (C=O) groups excluding carboxylic acids is 1. The van der Waals surface area contributed by atoms with Crippen molar-refractivity contribution in [1.29, 1.82) is 0 Å². The molecule has 0 aliphatic heterocycles. The van der Waals surface area contributed by atoms with Crippen molar-refractivity contribution >= 4 is 33.0 Å². The van der Waals surface area contributed by atoms with Crippen LogP contribution in [0.3, 0.4) is 0 Å². The minimum Gasteiger partial charge on any atom is -0.330 e. The average Bonchev–Trinajstić information content (AvgIpc) is 2.59. The topological polar surface area (TPSA) is 43.1 Å². The lowest BCUT2D eigenvalue weighted by molar-refractivity contribution is -0.118. The smallest absolute Gasteiger partial charge is 0.138 e. The quantitative estimate of drug-likeness (QED) is 0.784. The van der Waals surface area contributed by atoms with Gasteiger partial charge in [0.25, 0.3) is 0 Å². The fourth-order valence-corrected chi connectivity index (χ4v) is 2.85. The van der Waals surface area contributed by atoms with E-state index in [-0.39, 0.29) is 0 Å². The van der Waals surface area contributed by atoms with E-state index in [1.807, 2.05) is 11.4 Å². The van der Waals surface area contributed by atoms with E-state index < -0.39 is 0 Å². The summed E-state index contributed by atoms with van der Waals surface area (Å²) in [5.74, 6) is 0.335. The van der Waals surface area contributed by atoms with Gasteiger partial charge in [0, 0.05) is 27.6 Å². The summed E-state index contributed by atoms with van der Waals surface area (Å²) in [4.78, 5) is 12.7. The zero-order valence-electron chi connectivity index (χ0n) is 8.67. The van der Waals surface area contributed by atoms with Gasteiger partial charge < -0.3 is 5.73 Å². The Balaban J connectivity index is 2.18. The third-order valence-corrected chi connectivity index (χ3v) is 3.85. The predicted molar refractivity (Wildman–Crippen MR) is 68.3 cm³/mol. The molecule has 0 aliphatic rings. The molecule has 0 fully saturated rings. The number of unbranched alkanes of at least 4 members (excludes halogenated alkanes) is 2. The molecule has 0 bridgehead atoms. The molecule has 1 heterocycles. The van der Waals surface area contributed by atoms with Crippen LogP contribution in [0, 0.1) is 0 Å². The van der Waals surface area contributed by atoms with Crippen molar-refractivity contribution in [2.75, 3.05) is 6.54 Å². The van der Waals surface area contributed by atoms with Gasteiger partial charge in [-0.15, -0.1) is 11.3 Å². The summed E-state index contributed by atoms with van der Waals surface area (Å²) in [5.41, 5.74) is 5.38. The first-order chi connectivity index (χ1) is 7.22. The molecule has 0 saturated heterocycles. The van der Waals surface area contributed by atoms with E-state index in [0.717, 1.165) is 35.2 Å². The molecule has 0 atom stereocenters. The van der Waals surface area contributed by atoms with Crippen LogP contribution in [-0.4, -0.2) is 12.3 Å². The van der Waals surface area contributed by atoms with Gasteiger partial charge in [0.2, 0.25) is 0 Å². The molecule has 1 aromatic heterocycles. The van der Waals surface area contributed by atoms with Crippen LogP contribution < -0.4 is 5.73 Å². The summed E-state index contributed by atoms with van der Waals surface area (Å²) in [6.07, 6.45) is 4.34. The first-order valence-corrected chi connectivity index (χ1v) is 6.84. The van der Waals surface area contributed by atoms with Crippen LogP contribution in [-0.2, 0) is 11.2 Å². The number of Topliss-reactive ketones (excluding diaryl/α,β-unsaturated/α-hetero) is 1. The SMILES string of the molecule is NCCCCCC(=O)Cc1cc(Br)cs1. The first kappa shape index (κ1) is 12.9. The molecule has 4 heteroatoms. The third-order valence-electron chi connectivity index (χ3n) is 2.15. The van der Waals surface area contributed by atoms with Crippen LogP contribution in [0.1, 0.15) is 30.6 Å². The highest BCUT2D eigenvalue weighted by Gasteiger charge is 2.05. The Morgan fingerprint density at radius 1 is 1.40 bits per heavy atom. The Morgan fingerprint density at radius 3 is 2.80 bits per heavy atom. The highest BCUT2D eigenvalue weighted by molar-refractivity contribution is 9.10. The number of hydrogen-bond acceptors (Lipinski definition) is 3. The van der Waals surface area contributed by atoms with Crippen LogP contribution in [0.15, 0.2) is 15.9 Å². The molecule has 0 saturated carbocycles. The number of carbonyl (C=O) groups is 1. The standard InChI is InChI=1S/C11H16BrNOS/c12-9-6-11(15-8-9)7-10(14)4-2-1-3-5-13/h6,8H,1-5,7,13H2. The number of nitrogens with two attached hydrogens (primary N) is 1. The van der Waals surface area contributed by atoms with Gasteiger partial charge in [-0.3, -0.25) is 4.79 Å². The second-order valence-electron chi connectivity index (χ2n) is 3.55. The number of rotatable bonds is 7. The summed E-state index contributed by atoms with van der Waals surface area (Å²) in [5, 5.41) is 2.01. The van der Waals surface area contributed by atoms with Gasteiger partial charge in [0.05, 0.1) is 0 Å². The number of hydrogen-bond donors (Lipinski definition) is 1. The maximum Gasteiger partial charge on any atom is 0.138 e. The molecule has 0 unspecified atom stereocenters. The highest BCUT2D eigenvalue weighted by Crippen LogP contribution is 2.20. The summed E-state index contributed by atoms with van der Waals surface area (Å²) in [6.45, 7) is 0.728. The van der Waals surface area contributed by atoms with Crippen LogP contribution in [0.5, 0.6) is 0 Å². The maximum absolute atomic E-state index is 11.5. The van der Waals surface area contributed by atoms with E-state index in [1.165, 1.54) is 0 Å². The Labute approximate surface area is 103 Å². The number of halogens is 1. The van der Waals surface area contributed by atoms with Crippen LogP contribution in [0.4, 0.5) is 0 Å². The van der Waals surface area contributed by atoms with E-state index in [2.05, 4.69) is 15.9 Å². The van der Waals surface area contributed by atoms with Gasteiger partial charge in [-0.05, 0) is 41.4 Å². The van der Waals surface area contributed by atoms with Crippen LogP contribution >= 0.6 is 27.3 Å². The molecule has 2 N–H and O–H groups in total. The van der Waals surface area contributed by atoms with Crippen molar-refractivity contribution in [3.63, 3.8) is 0 Å². The molecule has 1 aromatic rings. The predicted octanol–water partition coefficient (Wildman–Crippen LogP) is 3.14. The molecule has 0 spiro atoms. The zero-order valence-corrected chi connectivity index (χ0v) is 11.1. The Kier molecular flexibility index (Phi) is 6.13. The molecule has 1 rings (SSSR count). The summed E-state index contributed by atoms with van der Waals surface area (Å²) in [6, 6.07) is 2.02. The molecule has 0 amide bonds. The van der Waals surface area contributed by atoms with Crippen molar-refractivity contribution in [2.45, 2.75) is 32.1 Å². The highest BCUT2D eigenvalue weighted by atomic mass is 79.9. The van der Waals surface area contributed by atoms with E-state index in [4.69, 9.17) is 5.73 Å². The monoisotopic (exact) mass is 289 g/mol. The van der Waals surface area contributed by atoms with Crippen molar-refractivity contribution in [3.05, 3.63) is 20.8 Å². The van der Waals surface area contributed by atoms with Gasteiger partial charge in [0.1, 0.15) is 5.78 Å². The lowest BCUT2D eigenvalue weighted by Crippen LogP contribution is -2.02. The Hall–Kier alpha value is -0.190. The summed E-state index contributed by atoms with van der Waals surface area (Å²) in [7, 11) is 0. The Bertz CT molecular complexity index is 311. The molecule has 2 nitrogen and oxygen atoms in total. The second kappa shape index (κ2) is 7.14. The molecular weight excluding hydrogens is 274 g/mol. The van der Waals surface area contributed by atoms with E-state index in [9.17, 15) is 4.79 Å². The van der Waals surface area contributed by atoms with Gasteiger partial charge >= 0.3 is 0 Å². The lowest BCUT2D eigenvalue weighted by Gasteiger charge is -1.98. The van der Waals surface area contributed by atoms with Crippen LogP contribution in [0.25, 0.3) is 0 Å². The Morgan fingerprint density at radius 2 is 2.20 bits per heavy atom. The fourth-order valence-electron chi connectivity index (χ4n) is 1.37. The molecule has 0 aromatic carbocycles. The molecule has 15 heavy (non-hydrogen) atoms. The second-order valence-corrected chi connectivity index (χ2v) is 5.46. The number of thiophene rings is 1. The molecule has 0 aliphatic carbocycles. The summed E-state index contributed by atoms with van der Waals surface area (Å²) < 4.78 is 1.07. The van der Waals surface area contributed by atoms with Gasteiger partial charge in [-0.25, -0.2) is 0 Å². The molecule has 0 radical (unpaired) electrons. The fraction of sp³-hybridized carbons (Fsp3) is 0.545. The van der Waals surface area contributed by atoms with Crippen molar-refractivity contribution < 1.29 is 4.79 Å². The first-order valence-electron chi connectivity index (χ1n) is 5.17. The summed E-state index contributed by atoms with van der Waals surface area (Å²) >= 11 is 5.01. The maximum atomic E-state index is 11.5. The number of ketones is 1. The lowest BCUT2D eigenvalue weighted by atomic mass is 10.1. The van der Waals surface area contributed by atoms with Gasteiger partial charge in [0.15, 0.2) is 0 Å². The zero-order chi connectivity index (χ0) is 11.1. The minimum absolute atomic E-state index is 0.335. The van der Waals surface area contributed by atoms with Crippen molar-refractivity contribution in [1.82, 2.24) is 0 Å².